The number of amides is 1. The number of alkyl halides is 2. The van der Waals surface area contributed by atoms with Gasteiger partial charge in [0, 0.05) is 13.1 Å². The molecule has 164 valence electrons. The monoisotopic (exact) mass is 460 g/mol. The van der Waals surface area contributed by atoms with Crippen LogP contribution >= 0.6 is 11.6 Å². The van der Waals surface area contributed by atoms with Crippen molar-refractivity contribution in [1.29, 1.82) is 0 Å². The first kappa shape index (κ1) is 24.0. The second-order valence-corrected chi connectivity index (χ2v) is 9.31. The van der Waals surface area contributed by atoms with Crippen molar-refractivity contribution >= 4 is 27.5 Å². The molecule has 0 spiro atoms. The lowest BCUT2D eigenvalue weighted by molar-refractivity contribution is -0.0499. The van der Waals surface area contributed by atoms with Crippen molar-refractivity contribution in [3.8, 4) is 5.75 Å². The van der Waals surface area contributed by atoms with Crippen LogP contribution in [0.5, 0.6) is 5.75 Å². The maximum Gasteiger partial charge on any atom is 0.387 e. The average molecular weight is 461 g/mol. The summed E-state index contributed by atoms with van der Waals surface area (Å²) in [5.74, 6) is -0.636. The molecule has 2 aromatic rings. The van der Waals surface area contributed by atoms with Crippen molar-refractivity contribution in [2.24, 2.45) is 0 Å². The van der Waals surface area contributed by atoms with Crippen molar-refractivity contribution in [2.75, 3.05) is 7.05 Å². The third-order valence-corrected chi connectivity index (χ3v) is 6.88. The highest BCUT2D eigenvalue weighted by Gasteiger charge is 2.25. The van der Waals surface area contributed by atoms with Gasteiger partial charge in [-0.15, -0.1) is 0 Å². The van der Waals surface area contributed by atoms with E-state index in [9.17, 15) is 22.0 Å². The zero-order chi connectivity index (χ0) is 22.6. The highest BCUT2D eigenvalue weighted by molar-refractivity contribution is 7.89. The second-order valence-electron chi connectivity index (χ2n) is 6.90. The van der Waals surface area contributed by atoms with Crippen molar-refractivity contribution in [1.82, 2.24) is 9.62 Å². The Hall–Kier alpha value is -2.23. The molecule has 6 nitrogen and oxygen atoms in total. The standard InChI is InChI=1S/C20H23ClF2N2O4S/c1-12(2)25(4)30(27,28)16-8-9-18(21)17(11-16)19(26)24-13(3)14-6-5-7-15(10-14)29-20(22)23/h5-13,20H,1-4H3,(H,24,26). The molecule has 0 aliphatic rings. The predicted molar refractivity (Wildman–Crippen MR) is 110 cm³/mol. The molecule has 1 unspecified atom stereocenters. The van der Waals surface area contributed by atoms with Crippen molar-refractivity contribution in [3.63, 3.8) is 0 Å². The molecule has 10 heteroatoms. The van der Waals surface area contributed by atoms with Gasteiger partial charge in [0.05, 0.1) is 21.5 Å². The van der Waals surface area contributed by atoms with Gasteiger partial charge in [-0.05, 0) is 56.7 Å². The number of hydrogen-bond acceptors (Lipinski definition) is 4. The smallest absolute Gasteiger partial charge is 0.387 e. The van der Waals surface area contributed by atoms with Gasteiger partial charge in [0.25, 0.3) is 5.91 Å². The molecule has 0 heterocycles. The minimum atomic E-state index is -3.80. The van der Waals surface area contributed by atoms with Crippen LogP contribution in [0.1, 0.15) is 42.7 Å². The Morgan fingerprint density at radius 1 is 1.13 bits per heavy atom. The van der Waals surface area contributed by atoms with Crippen LogP contribution in [0.4, 0.5) is 8.78 Å². The van der Waals surface area contributed by atoms with E-state index in [-0.39, 0.29) is 27.3 Å². The summed E-state index contributed by atoms with van der Waals surface area (Å²) in [6.07, 6.45) is 0. The number of carbonyl (C=O) groups is 1. The predicted octanol–water partition coefficient (Wildman–Crippen LogP) is 4.46. The van der Waals surface area contributed by atoms with Crippen LogP contribution in [0.3, 0.4) is 0 Å². The molecule has 0 radical (unpaired) electrons. The van der Waals surface area contributed by atoms with Crippen LogP contribution < -0.4 is 10.1 Å². The number of nitrogens with zero attached hydrogens (tertiary/aromatic N) is 1. The molecule has 2 aromatic carbocycles. The summed E-state index contributed by atoms with van der Waals surface area (Å²) in [5.41, 5.74) is 0.516. The fourth-order valence-corrected chi connectivity index (χ4v) is 4.20. The summed E-state index contributed by atoms with van der Waals surface area (Å²) >= 11 is 6.12. The van der Waals surface area contributed by atoms with E-state index in [1.165, 1.54) is 47.8 Å². The Kier molecular flexibility index (Phi) is 7.79. The largest absolute Gasteiger partial charge is 0.435 e. The summed E-state index contributed by atoms with van der Waals surface area (Å²) in [5, 5.41) is 2.77. The normalized spacial score (nSPS) is 13.0. The Bertz CT molecular complexity index is 1020. The van der Waals surface area contributed by atoms with Gasteiger partial charge < -0.3 is 10.1 Å². The average Bonchev–Trinajstić information content (AvgIpc) is 2.66. The number of ether oxygens (including phenoxy) is 1. The molecule has 0 aromatic heterocycles. The molecule has 30 heavy (non-hydrogen) atoms. The van der Waals surface area contributed by atoms with Gasteiger partial charge in [-0.3, -0.25) is 4.79 Å². The Morgan fingerprint density at radius 3 is 2.40 bits per heavy atom. The zero-order valence-corrected chi connectivity index (χ0v) is 18.5. The number of carbonyl (C=O) groups excluding carboxylic acids is 1. The first-order valence-corrected chi connectivity index (χ1v) is 10.9. The lowest BCUT2D eigenvalue weighted by Gasteiger charge is -2.21. The third-order valence-electron chi connectivity index (χ3n) is 4.52. The van der Waals surface area contributed by atoms with Gasteiger partial charge in [-0.25, -0.2) is 8.42 Å². The number of rotatable bonds is 8. The molecule has 0 saturated carbocycles. The van der Waals surface area contributed by atoms with E-state index in [4.69, 9.17) is 11.6 Å². The Balaban J connectivity index is 2.27. The number of hydrogen-bond donors (Lipinski definition) is 1. The maximum absolute atomic E-state index is 12.7. The molecule has 0 aliphatic heterocycles. The topological polar surface area (TPSA) is 75.7 Å². The minimum absolute atomic E-state index is 0.0123. The van der Waals surface area contributed by atoms with Crippen molar-refractivity contribution in [3.05, 3.63) is 58.6 Å². The first-order chi connectivity index (χ1) is 13.9. The number of nitrogens with one attached hydrogen (secondary N) is 1. The van der Waals surface area contributed by atoms with Crippen LogP contribution in [0.2, 0.25) is 5.02 Å². The van der Waals surface area contributed by atoms with Gasteiger partial charge >= 0.3 is 6.61 Å². The minimum Gasteiger partial charge on any atom is -0.435 e. The van der Waals surface area contributed by atoms with E-state index >= 15 is 0 Å². The lowest BCUT2D eigenvalue weighted by atomic mass is 10.1. The fourth-order valence-electron chi connectivity index (χ4n) is 2.60. The van der Waals surface area contributed by atoms with E-state index in [1.54, 1.807) is 26.8 Å². The van der Waals surface area contributed by atoms with Crippen LogP contribution in [0.25, 0.3) is 0 Å². The maximum atomic E-state index is 12.7. The molecule has 0 bridgehead atoms. The first-order valence-electron chi connectivity index (χ1n) is 9.06. The van der Waals surface area contributed by atoms with E-state index in [1.807, 2.05) is 0 Å². The van der Waals surface area contributed by atoms with Gasteiger partial charge in [0.1, 0.15) is 5.75 Å². The van der Waals surface area contributed by atoms with Crippen LogP contribution in [-0.2, 0) is 10.0 Å². The second kappa shape index (κ2) is 9.72. The third kappa shape index (κ3) is 5.68. The van der Waals surface area contributed by atoms with Crippen LogP contribution in [0.15, 0.2) is 47.4 Å². The molecule has 1 atom stereocenters. The molecule has 0 aliphatic carbocycles. The van der Waals surface area contributed by atoms with Crippen LogP contribution in [-0.4, -0.2) is 38.3 Å². The van der Waals surface area contributed by atoms with Crippen molar-refractivity contribution < 1.29 is 26.7 Å². The molecule has 2 rings (SSSR count). The molecule has 1 N–H and O–H groups in total. The SMILES string of the molecule is CC(NC(=O)c1cc(S(=O)(=O)N(C)C(C)C)ccc1Cl)c1cccc(OC(F)F)c1. The van der Waals surface area contributed by atoms with E-state index in [0.29, 0.717) is 5.56 Å². The van der Waals surface area contributed by atoms with Gasteiger partial charge in [0.2, 0.25) is 10.0 Å². The number of halogens is 3. The van der Waals surface area contributed by atoms with E-state index < -0.39 is 28.6 Å². The number of benzene rings is 2. The quantitative estimate of drug-likeness (QED) is 0.631. The van der Waals surface area contributed by atoms with E-state index in [0.717, 1.165) is 0 Å². The van der Waals surface area contributed by atoms with Gasteiger partial charge in [-0.1, -0.05) is 23.7 Å². The number of sulfonamides is 1. The Morgan fingerprint density at radius 2 is 1.80 bits per heavy atom. The van der Waals surface area contributed by atoms with Gasteiger partial charge in [0.15, 0.2) is 0 Å². The summed E-state index contributed by atoms with van der Waals surface area (Å²) in [7, 11) is -2.35. The highest BCUT2D eigenvalue weighted by Crippen LogP contribution is 2.25. The fraction of sp³-hybridized carbons (Fsp3) is 0.350. The molecular weight excluding hydrogens is 438 g/mol. The highest BCUT2D eigenvalue weighted by atomic mass is 35.5. The van der Waals surface area contributed by atoms with Crippen LogP contribution in [0, 0.1) is 0 Å². The molecule has 0 fully saturated rings. The van der Waals surface area contributed by atoms with Crippen molar-refractivity contribution in [2.45, 2.75) is 44.4 Å². The summed E-state index contributed by atoms with van der Waals surface area (Å²) in [4.78, 5) is 12.7. The lowest BCUT2D eigenvalue weighted by Crippen LogP contribution is -2.33. The summed E-state index contributed by atoms with van der Waals surface area (Å²) < 4.78 is 55.8. The van der Waals surface area contributed by atoms with Gasteiger partial charge in [-0.2, -0.15) is 13.1 Å². The molecule has 0 saturated heterocycles. The molecule has 1 amide bonds. The van der Waals surface area contributed by atoms with E-state index in [2.05, 4.69) is 10.1 Å². The zero-order valence-electron chi connectivity index (χ0n) is 16.9. The molecular formula is C20H23ClF2N2O4S. The Labute approximate surface area is 179 Å². The summed E-state index contributed by atoms with van der Waals surface area (Å²) in [6.45, 7) is 2.15. The summed E-state index contributed by atoms with van der Waals surface area (Å²) in [6, 6.07) is 8.98.